The summed E-state index contributed by atoms with van der Waals surface area (Å²) in [5.41, 5.74) is 2.98. The molecule has 0 amide bonds. The monoisotopic (exact) mass is 286 g/mol. The quantitative estimate of drug-likeness (QED) is 0.492. The Kier molecular flexibility index (Phi) is 4.38. The lowest BCUT2D eigenvalue weighted by molar-refractivity contribution is 0.484. The van der Waals surface area contributed by atoms with E-state index in [9.17, 15) is 26.0 Å². The van der Waals surface area contributed by atoms with E-state index in [1.54, 1.807) is 4.72 Å². The molecule has 9 heteroatoms. The highest BCUT2D eigenvalue weighted by Gasteiger charge is 2.20. The molecule has 0 saturated heterocycles. The van der Waals surface area contributed by atoms with E-state index in [4.69, 9.17) is 5.73 Å². The van der Waals surface area contributed by atoms with Crippen LogP contribution < -0.4 is 10.5 Å². The number of benzene rings is 1. The predicted molar refractivity (Wildman–Crippen MR) is 58.7 cm³/mol. The normalized spacial score (nSPS) is 11.6. The lowest BCUT2D eigenvalue weighted by atomic mass is 10.2. The second-order valence-electron chi connectivity index (χ2n) is 3.41. The van der Waals surface area contributed by atoms with Gasteiger partial charge in [-0.25, -0.2) is 21.6 Å². The summed E-state index contributed by atoms with van der Waals surface area (Å²) >= 11 is 0. The number of alkyl halides is 1. The summed E-state index contributed by atoms with van der Waals surface area (Å²) in [6, 6.07) is 0.327. The summed E-state index contributed by atoms with van der Waals surface area (Å²) < 4.78 is 75.3. The Labute approximate surface area is 101 Å². The molecule has 0 radical (unpaired) electrons. The van der Waals surface area contributed by atoms with Gasteiger partial charge < -0.3 is 5.73 Å². The number of nitrogens with two attached hydrogens (primary N) is 1. The van der Waals surface area contributed by atoms with Gasteiger partial charge in [-0.3, -0.25) is 9.11 Å². The molecule has 0 atom stereocenters. The highest BCUT2D eigenvalue weighted by molar-refractivity contribution is 7.92. The topological polar surface area (TPSA) is 72.2 Å². The maximum absolute atomic E-state index is 13.4. The maximum atomic E-state index is 13.4. The molecule has 1 aromatic rings. The summed E-state index contributed by atoms with van der Waals surface area (Å²) in [7, 11) is -4.04. The SMILES string of the molecule is Nc1c(F)c(F)cc(NS(=O)(=O)CCCF)c1F. The van der Waals surface area contributed by atoms with E-state index < -0.39 is 51.3 Å². The third kappa shape index (κ3) is 3.25. The number of sulfonamides is 1. The molecule has 3 N–H and O–H groups in total. The van der Waals surface area contributed by atoms with Crippen molar-refractivity contribution >= 4 is 21.4 Å². The van der Waals surface area contributed by atoms with Crippen LogP contribution in [0.3, 0.4) is 0 Å². The number of nitrogens with one attached hydrogen (secondary N) is 1. The second-order valence-corrected chi connectivity index (χ2v) is 5.25. The van der Waals surface area contributed by atoms with Crippen molar-refractivity contribution in [2.75, 3.05) is 22.9 Å². The number of hydrogen-bond acceptors (Lipinski definition) is 3. The first-order valence-electron chi connectivity index (χ1n) is 4.78. The fraction of sp³-hybridized carbons (Fsp3) is 0.333. The smallest absolute Gasteiger partial charge is 0.232 e. The molecule has 0 aliphatic carbocycles. The van der Waals surface area contributed by atoms with Crippen LogP contribution in [-0.4, -0.2) is 20.8 Å². The largest absolute Gasteiger partial charge is 0.394 e. The second kappa shape index (κ2) is 5.42. The van der Waals surface area contributed by atoms with E-state index in [1.807, 2.05) is 0 Å². The van der Waals surface area contributed by atoms with Gasteiger partial charge in [0.15, 0.2) is 17.5 Å². The Hall–Kier alpha value is -1.51. The van der Waals surface area contributed by atoms with E-state index in [2.05, 4.69) is 0 Å². The van der Waals surface area contributed by atoms with Crippen LogP contribution in [0.1, 0.15) is 6.42 Å². The molecule has 0 fully saturated rings. The van der Waals surface area contributed by atoms with Gasteiger partial charge in [-0.1, -0.05) is 0 Å². The molecule has 0 saturated carbocycles. The third-order valence-electron chi connectivity index (χ3n) is 2.00. The fourth-order valence-corrected chi connectivity index (χ4v) is 2.24. The van der Waals surface area contributed by atoms with Crippen LogP contribution in [0.5, 0.6) is 0 Å². The van der Waals surface area contributed by atoms with Crippen molar-refractivity contribution in [1.29, 1.82) is 0 Å². The molecular formula is C9H10F4N2O2S. The highest BCUT2D eigenvalue weighted by atomic mass is 32.2. The average Bonchev–Trinajstić information content (AvgIpc) is 2.30. The minimum atomic E-state index is -4.04. The zero-order chi connectivity index (χ0) is 13.9. The zero-order valence-electron chi connectivity index (χ0n) is 9.01. The molecule has 1 rings (SSSR count). The molecule has 0 spiro atoms. The molecule has 0 aliphatic rings. The average molecular weight is 286 g/mol. The van der Waals surface area contributed by atoms with Crippen LogP contribution in [0.4, 0.5) is 28.9 Å². The Morgan fingerprint density at radius 3 is 2.39 bits per heavy atom. The molecule has 4 nitrogen and oxygen atoms in total. The molecule has 0 aliphatic heterocycles. The molecule has 102 valence electrons. The maximum Gasteiger partial charge on any atom is 0.232 e. The summed E-state index contributed by atoms with van der Waals surface area (Å²) in [6.45, 7) is -0.872. The Balaban J connectivity index is 3.06. The van der Waals surface area contributed by atoms with Gasteiger partial charge >= 0.3 is 0 Å². The number of anilines is 2. The van der Waals surface area contributed by atoms with E-state index in [-0.39, 0.29) is 6.42 Å². The van der Waals surface area contributed by atoms with Crippen molar-refractivity contribution in [3.8, 4) is 0 Å². The van der Waals surface area contributed by atoms with Crippen molar-refractivity contribution < 1.29 is 26.0 Å². The van der Waals surface area contributed by atoms with E-state index in [0.717, 1.165) is 0 Å². The first-order chi connectivity index (χ1) is 8.28. The van der Waals surface area contributed by atoms with Gasteiger partial charge in [0.2, 0.25) is 10.0 Å². The lowest BCUT2D eigenvalue weighted by Crippen LogP contribution is -2.18. The molecule has 18 heavy (non-hydrogen) atoms. The van der Waals surface area contributed by atoms with Crippen LogP contribution in [0.2, 0.25) is 0 Å². The van der Waals surface area contributed by atoms with Gasteiger partial charge in [0.25, 0.3) is 0 Å². The number of nitrogen functional groups attached to an aromatic ring is 1. The first kappa shape index (κ1) is 14.6. The first-order valence-corrected chi connectivity index (χ1v) is 6.43. The van der Waals surface area contributed by atoms with Crippen LogP contribution >= 0.6 is 0 Å². The van der Waals surface area contributed by atoms with Crippen molar-refractivity contribution in [3.05, 3.63) is 23.5 Å². The molecular weight excluding hydrogens is 276 g/mol. The van der Waals surface area contributed by atoms with Crippen LogP contribution in [0.25, 0.3) is 0 Å². The Morgan fingerprint density at radius 1 is 1.22 bits per heavy atom. The van der Waals surface area contributed by atoms with Crippen molar-refractivity contribution in [1.82, 2.24) is 0 Å². The van der Waals surface area contributed by atoms with Crippen molar-refractivity contribution in [2.45, 2.75) is 6.42 Å². The predicted octanol–water partition coefficient (Wildman–Crippen LogP) is 1.79. The minimum Gasteiger partial charge on any atom is -0.394 e. The standard InChI is InChI=1S/C9H10F4N2O2S/c10-2-1-3-18(16,17)15-6-4-5(11)7(12)9(14)8(6)13/h4,15H,1-3,14H2. The third-order valence-corrected chi connectivity index (χ3v) is 3.36. The molecule has 0 unspecified atom stereocenters. The fourth-order valence-electron chi connectivity index (χ4n) is 1.16. The van der Waals surface area contributed by atoms with Gasteiger partial charge in [0.05, 0.1) is 18.1 Å². The van der Waals surface area contributed by atoms with Crippen LogP contribution in [0, 0.1) is 17.5 Å². The summed E-state index contributed by atoms with van der Waals surface area (Å²) in [6.07, 6.45) is -0.296. The molecule has 0 aromatic heterocycles. The van der Waals surface area contributed by atoms with Gasteiger partial charge in [0, 0.05) is 6.07 Å². The minimum absolute atomic E-state index is 0.296. The van der Waals surface area contributed by atoms with Gasteiger partial charge in [-0.2, -0.15) is 0 Å². The summed E-state index contributed by atoms with van der Waals surface area (Å²) in [5.74, 6) is -5.11. The van der Waals surface area contributed by atoms with Gasteiger partial charge in [0.1, 0.15) is 5.69 Å². The van der Waals surface area contributed by atoms with E-state index >= 15 is 0 Å². The van der Waals surface area contributed by atoms with Crippen molar-refractivity contribution in [2.24, 2.45) is 0 Å². The lowest BCUT2D eigenvalue weighted by Gasteiger charge is -2.10. The van der Waals surface area contributed by atoms with Crippen molar-refractivity contribution in [3.63, 3.8) is 0 Å². The Bertz CT molecular complexity index is 548. The molecule has 0 bridgehead atoms. The van der Waals surface area contributed by atoms with Crippen LogP contribution in [-0.2, 0) is 10.0 Å². The highest BCUT2D eigenvalue weighted by Crippen LogP contribution is 2.26. The molecule has 1 aromatic carbocycles. The zero-order valence-corrected chi connectivity index (χ0v) is 9.83. The van der Waals surface area contributed by atoms with E-state index in [1.165, 1.54) is 0 Å². The van der Waals surface area contributed by atoms with Gasteiger partial charge in [-0.05, 0) is 6.42 Å². The molecule has 0 heterocycles. The van der Waals surface area contributed by atoms with Gasteiger partial charge in [-0.15, -0.1) is 0 Å². The van der Waals surface area contributed by atoms with E-state index in [0.29, 0.717) is 6.07 Å². The number of rotatable bonds is 5. The summed E-state index contributed by atoms with van der Waals surface area (Å²) in [5, 5.41) is 0. The summed E-state index contributed by atoms with van der Waals surface area (Å²) in [4.78, 5) is 0. The Morgan fingerprint density at radius 2 is 1.83 bits per heavy atom. The number of hydrogen-bond donors (Lipinski definition) is 2. The van der Waals surface area contributed by atoms with Crippen LogP contribution in [0.15, 0.2) is 6.07 Å². The number of halogens is 4.